The van der Waals surface area contributed by atoms with Crippen molar-refractivity contribution in [2.45, 2.75) is 39.8 Å². The lowest BCUT2D eigenvalue weighted by atomic mass is 10.00. The van der Waals surface area contributed by atoms with Crippen LogP contribution in [-0.2, 0) is 12.1 Å². The van der Waals surface area contributed by atoms with Gasteiger partial charge in [0, 0.05) is 5.56 Å². The Labute approximate surface area is 185 Å². The summed E-state index contributed by atoms with van der Waals surface area (Å²) >= 11 is 0. The Kier molecular flexibility index (Phi) is 5.43. The van der Waals surface area contributed by atoms with Crippen molar-refractivity contribution in [1.29, 1.82) is 0 Å². The van der Waals surface area contributed by atoms with Gasteiger partial charge in [0.15, 0.2) is 5.82 Å². The molecule has 0 amide bonds. The number of aliphatic hydroxyl groups is 1. The molecule has 3 heterocycles. The SMILES string of the molecule is Cc1cccc(-c2nc(N)nc(-c3cn(Cc4cccc(C(C)(C)O)n4)nn3)c2F)c1C. The first-order chi connectivity index (χ1) is 15.1. The van der Waals surface area contributed by atoms with Gasteiger partial charge in [-0.05, 0) is 51.0 Å². The number of hydrogen-bond donors (Lipinski definition) is 2. The second-order valence-electron chi connectivity index (χ2n) is 8.22. The molecule has 0 fully saturated rings. The third-order valence-electron chi connectivity index (χ3n) is 5.27. The summed E-state index contributed by atoms with van der Waals surface area (Å²) in [5.41, 5.74) is 9.00. The largest absolute Gasteiger partial charge is 0.384 e. The minimum atomic E-state index is -1.06. The topological polar surface area (TPSA) is 116 Å². The van der Waals surface area contributed by atoms with E-state index in [-0.39, 0.29) is 23.0 Å². The van der Waals surface area contributed by atoms with Gasteiger partial charge < -0.3 is 10.8 Å². The van der Waals surface area contributed by atoms with Crippen LogP contribution in [0.2, 0.25) is 0 Å². The van der Waals surface area contributed by atoms with E-state index in [1.807, 2.05) is 38.1 Å². The highest BCUT2D eigenvalue weighted by Gasteiger charge is 2.21. The molecule has 8 nitrogen and oxygen atoms in total. The Hall–Kier alpha value is -3.72. The third-order valence-corrected chi connectivity index (χ3v) is 5.27. The van der Waals surface area contributed by atoms with E-state index in [1.165, 1.54) is 4.68 Å². The lowest BCUT2D eigenvalue weighted by molar-refractivity contribution is 0.0736. The fourth-order valence-electron chi connectivity index (χ4n) is 3.38. The number of nitrogens with zero attached hydrogens (tertiary/aromatic N) is 6. The number of nitrogen functional groups attached to an aromatic ring is 1. The normalized spacial score (nSPS) is 11.7. The van der Waals surface area contributed by atoms with E-state index in [0.717, 1.165) is 11.1 Å². The van der Waals surface area contributed by atoms with Gasteiger partial charge in [0.1, 0.15) is 22.7 Å². The molecule has 0 unspecified atom stereocenters. The maximum absolute atomic E-state index is 15.5. The first-order valence-electron chi connectivity index (χ1n) is 10.1. The average molecular weight is 433 g/mol. The zero-order chi connectivity index (χ0) is 23.0. The van der Waals surface area contributed by atoms with Crippen molar-refractivity contribution in [2.24, 2.45) is 0 Å². The number of aromatic nitrogens is 6. The predicted octanol–water partition coefficient (Wildman–Crippen LogP) is 3.41. The molecular formula is C23H24FN7O. The fourth-order valence-corrected chi connectivity index (χ4v) is 3.38. The number of benzene rings is 1. The molecule has 164 valence electrons. The molecular weight excluding hydrogens is 409 g/mol. The van der Waals surface area contributed by atoms with E-state index in [4.69, 9.17) is 5.73 Å². The molecule has 0 saturated carbocycles. The molecule has 0 aliphatic carbocycles. The summed E-state index contributed by atoms with van der Waals surface area (Å²) < 4.78 is 17.0. The Morgan fingerprint density at radius 3 is 2.50 bits per heavy atom. The summed E-state index contributed by atoms with van der Waals surface area (Å²) in [6.07, 6.45) is 1.58. The summed E-state index contributed by atoms with van der Waals surface area (Å²) in [5, 5.41) is 18.3. The Bertz CT molecular complexity index is 1290. The molecule has 0 aliphatic heterocycles. The van der Waals surface area contributed by atoms with Gasteiger partial charge in [-0.1, -0.05) is 29.5 Å². The van der Waals surface area contributed by atoms with Crippen molar-refractivity contribution in [2.75, 3.05) is 5.73 Å². The number of rotatable bonds is 5. The summed E-state index contributed by atoms with van der Waals surface area (Å²) in [5.74, 6) is -0.659. The van der Waals surface area contributed by atoms with Crippen molar-refractivity contribution in [1.82, 2.24) is 29.9 Å². The Morgan fingerprint density at radius 2 is 1.75 bits per heavy atom. The van der Waals surface area contributed by atoms with Crippen molar-refractivity contribution >= 4 is 5.95 Å². The smallest absolute Gasteiger partial charge is 0.221 e. The molecule has 0 radical (unpaired) electrons. The summed E-state index contributed by atoms with van der Waals surface area (Å²) in [4.78, 5) is 12.7. The number of pyridine rings is 1. The van der Waals surface area contributed by atoms with E-state index in [1.54, 1.807) is 32.2 Å². The van der Waals surface area contributed by atoms with Crippen molar-refractivity contribution in [3.63, 3.8) is 0 Å². The van der Waals surface area contributed by atoms with Crippen LogP contribution >= 0.6 is 0 Å². The van der Waals surface area contributed by atoms with Crippen LogP contribution in [0, 0.1) is 19.7 Å². The molecule has 0 bridgehead atoms. The molecule has 0 spiro atoms. The lowest BCUT2D eigenvalue weighted by Gasteiger charge is -2.17. The number of aryl methyl sites for hydroxylation is 1. The fraction of sp³-hybridized carbons (Fsp3) is 0.261. The highest BCUT2D eigenvalue weighted by molar-refractivity contribution is 5.71. The molecule has 0 saturated heterocycles. The van der Waals surface area contributed by atoms with Gasteiger partial charge in [-0.3, -0.25) is 4.98 Å². The van der Waals surface area contributed by atoms with E-state index < -0.39 is 11.4 Å². The Balaban J connectivity index is 1.69. The molecule has 1 aromatic carbocycles. The van der Waals surface area contributed by atoms with E-state index in [2.05, 4.69) is 25.3 Å². The molecule has 3 aromatic heterocycles. The second kappa shape index (κ2) is 8.08. The van der Waals surface area contributed by atoms with Crippen molar-refractivity contribution < 1.29 is 9.50 Å². The van der Waals surface area contributed by atoms with Gasteiger partial charge in [0.25, 0.3) is 0 Å². The maximum atomic E-state index is 15.5. The maximum Gasteiger partial charge on any atom is 0.221 e. The van der Waals surface area contributed by atoms with Crippen LogP contribution in [-0.4, -0.2) is 35.1 Å². The van der Waals surface area contributed by atoms with Crippen LogP contribution < -0.4 is 5.73 Å². The monoisotopic (exact) mass is 433 g/mol. The molecule has 32 heavy (non-hydrogen) atoms. The molecule has 3 N–H and O–H groups in total. The Morgan fingerprint density at radius 1 is 1.03 bits per heavy atom. The van der Waals surface area contributed by atoms with Crippen LogP contribution in [0.15, 0.2) is 42.6 Å². The molecule has 9 heteroatoms. The zero-order valence-corrected chi connectivity index (χ0v) is 18.3. The van der Waals surface area contributed by atoms with Gasteiger partial charge in [-0.25, -0.2) is 19.0 Å². The summed E-state index contributed by atoms with van der Waals surface area (Å²) in [6.45, 7) is 7.50. The van der Waals surface area contributed by atoms with Crippen LogP contribution in [0.4, 0.5) is 10.3 Å². The molecule has 4 aromatic rings. The van der Waals surface area contributed by atoms with Crippen molar-refractivity contribution in [3.8, 4) is 22.6 Å². The molecule has 0 atom stereocenters. The average Bonchev–Trinajstić information content (AvgIpc) is 3.19. The van der Waals surface area contributed by atoms with Gasteiger partial charge in [0.05, 0.1) is 24.1 Å². The highest BCUT2D eigenvalue weighted by Crippen LogP contribution is 2.31. The number of nitrogens with two attached hydrogens (primary N) is 1. The van der Waals surface area contributed by atoms with E-state index >= 15 is 4.39 Å². The van der Waals surface area contributed by atoms with Crippen LogP contribution in [0.5, 0.6) is 0 Å². The predicted molar refractivity (Wildman–Crippen MR) is 119 cm³/mol. The first-order valence-corrected chi connectivity index (χ1v) is 10.1. The summed E-state index contributed by atoms with van der Waals surface area (Å²) in [6, 6.07) is 11.0. The number of halogens is 1. The van der Waals surface area contributed by atoms with Crippen LogP contribution in [0.3, 0.4) is 0 Å². The standard InChI is InChI=1S/C23H24FN7O/c1-13-7-5-9-16(14(13)2)20-19(24)21(28-22(25)27-20)17-12-31(30-29-17)11-15-8-6-10-18(26-15)23(3,4)32/h5-10,12,32H,11H2,1-4H3,(H2,25,27,28). The number of hydrogen-bond acceptors (Lipinski definition) is 7. The zero-order valence-electron chi connectivity index (χ0n) is 18.3. The molecule has 4 rings (SSSR count). The van der Waals surface area contributed by atoms with Crippen LogP contribution in [0.25, 0.3) is 22.6 Å². The minimum Gasteiger partial charge on any atom is -0.384 e. The second-order valence-corrected chi connectivity index (χ2v) is 8.22. The van der Waals surface area contributed by atoms with Crippen LogP contribution in [0.1, 0.15) is 36.4 Å². The van der Waals surface area contributed by atoms with E-state index in [9.17, 15) is 5.11 Å². The van der Waals surface area contributed by atoms with Gasteiger partial charge >= 0.3 is 0 Å². The quantitative estimate of drug-likeness (QED) is 0.495. The van der Waals surface area contributed by atoms with E-state index in [0.29, 0.717) is 23.5 Å². The summed E-state index contributed by atoms with van der Waals surface area (Å²) in [7, 11) is 0. The van der Waals surface area contributed by atoms with Crippen molar-refractivity contribution in [3.05, 3.63) is 70.9 Å². The minimum absolute atomic E-state index is 0.0159. The van der Waals surface area contributed by atoms with Gasteiger partial charge in [0.2, 0.25) is 5.95 Å². The van der Waals surface area contributed by atoms with Gasteiger partial charge in [-0.2, -0.15) is 0 Å². The first kappa shape index (κ1) is 21.5. The molecule has 0 aliphatic rings. The third kappa shape index (κ3) is 4.19. The number of anilines is 1. The van der Waals surface area contributed by atoms with Gasteiger partial charge in [-0.15, -0.1) is 5.10 Å². The highest BCUT2D eigenvalue weighted by atomic mass is 19.1. The lowest BCUT2D eigenvalue weighted by Crippen LogP contribution is -2.18.